The highest BCUT2D eigenvalue weighted by molar-refractivity contribution is 7.88. The lowest BCUT2D eigenvalue weighted by atomic mass is 9.92. The van der Waals surface area contributed by atoms with E-state index in [1.165, 1.54) is 10.6 Å². The monoisotopic (exact) mass is 307 g/mol. The van der Waals surface area contributed by atoms with Crippen LogP contribution in [0, 0.1) is 0 Å². The Labute approximate surface area is 120 Å². The van der Waals surface area contributed by atoms with Gasteiger partial charge in [-0.1, -0.05) is 6.92 Å². The van der Waals surface area contributed by atoms with Crippen molar-refractivity contribution in [3.63, 3.8) is 0 Å². The minimum atomic E-state index is -3.10. The molecule has 3 N–H and O–H groups in total. The van der Waals surface area contributed by atoms with E-state index in [0.717, 1.165) is 6.54 Å². The van der Waals surface area contributed by atoms with E-state index in [0.29, 0.717) is 45.4 Å². The van der Waals surface area contributed by atoms with E-state index in [4.69, 9.17) is 10.8 Å². The van der Waals surface area contributed by atoms with Gasteiger partial charge in [-0.25, -0.2) is 8.42 Å². The maximum atomic E-state index is 11.4. The summed E-state index contributed by atoms with van der Waals surface area (Å²) in [5, 5.41) is 9.08. The van der Waals surface area contributed by atoms with Gasteiger partial charge in [0.05, 0.1) is 6.26 Å². The zero-order valence-electron chi connectivity index (χ0n) is 12.2. The van der Waals surface area contributed by atoms with Crippen molar-refractivity contribution >= 4 is 16.0 Å². The molecule has 0 aliphatic carbocycles. The van der Waals surface area contributed by atoms with Gasteiger partial charge in [-0.05, 0) is 25.8 Å². The number of aliphatic carboxylic acids is 1. The van der Waals surface area contributed by atoms with Crippen molar-refractivity contribution in [2.75, 3.05) is 39.0 Å². The van der Waals surface area contributed by atoms with Crippen LogP contribution in [0.4, 0.5) is 0 Å². The van der Waals surface area contributed by atoms with E-state index in [2.05, 4.69) is 4.90 Å². The Morgan fingerprint density at radius 3 is 2.25 bits per heavy atom. The number of nitrogens with two attached hydrogens (primary N) is 1. The molecule has 0 spiro atoms. The number of rotatable bonds is 7. The zero-order valence-corrected chi connectivity index (χ0v) is 13.0. The number of carboxylic acid groups (broad SMARTS) is 1. The van der Waals surface area contributed by atoms with Crippen molar-refractivity contribution in [2.24, 2.45) is 5.73 Å². The Morgan fingerprint density at radius 2 is 1.85 bits per heavy atom. The Bertz CT molecular complexity index is 432. The topological polar surface area (TPSA) is 104 Å². The fourth-order valence-electron chi connectivity index (χ4n) is 2.34. The summed E-state index contributed by atoms with van der Waals surface area (Å²) in [4.78, 5) is 13.2. The minimum Gasteiger partial charge on any atom is -0.480 e. The molecule has 1 aliphatic rings. The van der Waals surface area contributed by atoms with Gasteiger partial charge >= 0.3 is 5.97 Å². The number of sulfonamides is 1. The molecule has 0 amide bonds. The van der Waals surface area contributed by atoms with Crippen LogP contribution >= 0.6 is 0 Å². The van der Waals surface area contributed by atoms with Crippen LogP contribution in [0.15, 0.2) is 0 Å². The lowest BCUT2D eigenvalue weighted by molar-refractivity contribution is -0.143. The second-order valence-electron chi connectivity index (χ2n) is 5.42. The fraction of sp³-hybridized carbons (Fsp3) is 0.917. The largest absolute Gasteiger partial charge is 0.480 e. The van der Waals surface area contributed by atoms with Crippen LogP contribution in [0.5, 0.6) is 0 Å². The van der Waals surface area contributed by atoms with Gasteiger partial charge in [0.2, 0.25) is 10.0 Å². The van der Waals surface area contributed by atoms with Crippen molar-refractivity contribution in [3.8, 4) is 0 Å². The van der Waals surface area contributed by atoms with E-state index < -0.39 is 21.5 Å². The number of hydrogen-bond acceptors (Lipinski definition) is 5. The van der Waals surface area contributed by atoms with Gasteiger partial charge in [-0.15, -0.1) is 0 Å². The van der Waals surface area contributed by atoms with Crippen molar-refractivity contribution in [1.82, 2.24) is 9.21 Å². The second-order valence-corrected chi connectivity index (χ2v) is 7.40. The molecule has 1 heterocycles. The highest BCUT2D eigenvalue weighted by Crippen LogP contribution is 2.15. The highest BCUT2D eigenvalue weighted by atomic mass is 32.2. The van der Waals surface area contributed by atoms with E-state index >= 15 is 0 Å². The average molecular weight is 307 g/mol. The standard InChI is InChI=1S/C12H25N3O4S/c1-3-12(13,11(16)17)5-4-6-14-7-9-15(10-8-14)20(2,18)19/h3-10,13H2,1-2H3,(H,16,17). The molecular formula is C12H25N3O4S. The van der Waals surface area contributed by atoms with Crippen molar-refractivity contribution < 1.29 is 18.3 Å². The third-order valence-electron chi connectivity index (χ3n) is 3.95. The number of carboxylic acids is 1. The molecule has 0 aromatic carbocycles. The molecule has 7 nitrogen and oxygen atoms in total. The van der Waals surface area contributed by atoms with Gasteiger partial charge in [0.15, 0.2) is 0 Å². The lowest BCUT2D eigenvalue weighted by Gasteiger charge is -2.33. The molecule has 1 unspecified atom stereocenters. The van der Waals surface area contributed by atoms with Crippen LogP contribution in [0.1, 0.15) is 26.2 Å². The molecule has 8 heteroatoms. The van der Waals surface area contributed by atoms with Gasteiger partial charge in [-0.3, -0.25) is 4.79 Å². The number of piperazine rings is 1. The SMILES string of the molecule is CCC(N)(CCCN1CCN(S(C)(=O)=O)CC1)C(=O)O. The molecule has 118 valence electrons. The molecule has 1 fully saturated rings. The van der Waals surface area contributed by atoms with Crippen LogP contribution in [-0.4, -0.2) is 73.2 Å². The van der Waals surface area contributed by atoms with Crippen molar-refractivity contribution in [3.05, 3.63) is 0 Å². The predicted octanol–water partition coefficient (Wildman–Crippen LogP) is -0.464. The maximum Gasteiger partial charge on any atom is 0.323 e. The van der Waals surface area contributed by atoms with Crippen LogP contribution in [0.3, 0.4) is 0 Å². The molecule has 1 atom stereocenters. The quantitative estimate of drug-likeness (QED) is 0.659. The van der Waals surface area contributed by atoms with E-state index in [1.54, 1.807) is 6.92 Å². The van der Waals surface area contributed by atoms with E-state index in [1.807, 2.05) is 0 Å². The summed E-state index contributed by atoms with van der Waals surface area (Å²) < 4.78 is 24.2. The Hall–Kier alpha value is -0.700. The highest BCUT2D eigenvalue weighted by Gasteiger charge is 2.31. The van der Waals surface area contributed by atoms with Gasteiger partial charge in [0.25, 0.3) is 0 Å². The van der Waals surface area contributed by atoms with Crippen LogP contribution < -0.4 is 5.73 Å². The van der Waals surface area contributed by atoms with Gasteiger partial charge in [0, 0.05) is 26.2 Å². The molecule has 1 saturated heterocycles. The molecule has 1 rings (SSSR count). The summed E-state index contributed by atoms with van der Waals surface area (Å²) in [6.45, 7) is 4.90. The minimum absolute atomic E-state index is 0.407. The Kier molecular flexibility index (Phi) is 5.93. The Balaban J connectivity index is 2.34. The molecule has 0 aromatic rings. The molecule has 0 bridgehead atoms. The van der Waals surface area contributed by atoms with E-state index in [9.17, 15) is 13.2 Å². The van der Waals surface area contributed by atoms with Crippen LogP contribution in [0.25, 0.3) is 0 Å². The molecule has 1 aliphatic heterocycles. The van der Waals surface area contributed by atoms with Crippen LogP contribution in [-0.2, 0) is 14.8 Å². The van der Waals surface area contributed by atoms with E-state index in [-0.39, 0.29) is 0 Å². The summed E-state index contributed by atoms with van der Waals surface area (Å²) in [6.07, 6.45) is 2.77. The molecule has 0 saturated carbocycles. The number of hydrogen-bond donors (Lipinski definition) is 2. The number of carbonyl (C=O) groups is 1. The second kappa shape index (κ2) is 6.84. The first-order chi connectivity index (χ1) is 9.19. The third-order valence-corrected chi connectivity index (χ3v) is 5.26. The average Bonchev–Trinajstić information content (AvgIpc) is 2.37. The summed E-state index contributed by atoms with van der Waals surface area (Å²) >= 11 is 0. The summed E-state index contributed by atoms with van der Waals surface area (Å²) in [5.74, 6) is -0.957. The predicted molar refractivity (Wildman–Crippen MR) is 76.9 cm³/mol. The Morgan fingerprint density at radius 1 is 1.30 bits per heavy atom. The maximum absolute atomic E-state index is 11.4. The van der Waals surface area contributed by atoms with Gasteiger partial charge in [-0.2, -0.15) is 4.31 Å². The zero-order chi connectivity index (χ0) is 15.4. The molecule has 0 aromatic heterocycles. The first kappa shape index (κ1) is 17.4. The molecule has 20 heavy (non-hydrogen) atoms. The smallest absolute Gasteiger partial charge is 0.323 e. The van der Waals surface area contributed by atoms with Gasteiger partial charge < -0.3 is 15.7 Å². The lowest BCUT2D eigenvalue weighted by Crippen LogP contribution is -2.50. The third kappa shape index (κ3) is 4.69. The first-order valence-electron chi connectivity index (χ1n) is 6.89. The summed E-state index contributed by atoms with van der Waals surface area (Å²) in [7, 11) is -3.10. The van der Waals surface area contributed by atoms with Gasteiger partial charge in [0.1, 0.15) is 5.54 Å². The fourth-order valence-corrected chi connectivity index (χ4v) is 3.16. The first-order valence-corrected chi connectivity index (χ1v) is 8.73. The summed E-state index contributed by atoms with van der Waals surface area (Å²) in [5.41, 5.74) is 4.68. The van der Waals surface area contributed by atoms with Crippen LogP contribution in [0.2, 0.25) is 0 Å². The molecule has 0 radical (unpaired) electrons. The normalized spacial score (nSPS) is 21.6. The number of nitrogens with zero attached hydrogens (tertiary/aromatic N) is 2. The van der Waals surface area contributed by atoms with Crippen molar-refractivity contribution in [1.29, 1.82) is 0 Å². The molecular weight excluding hydrogens is 282 g/mol. The summed E-state index contributed by atoms with van der Waals surface area (Å²) in [6, 6.07) is 0. The van der Waals surface area contributed by atoms with Crippen molar-refractivity contribution in [2.45, 2.75) is 31.7 Å².